The second-order valence-electron chi connectivity index (χ2n) is 5.50. The van der Waals surface area contributed by atoms with Crippen molar-refractivity contribution in [1.29, 1.82) is 0 Å². The number of carbonyl (C=O) groups is 2. The van der Waals surface area contributed by atoms with Gasteiger partial charge >= 0.3 is 0 Å². The molecule has 130 valence electrons. The van der Waals surface area contributed by atoms with Gasteiger partial charge in [-0.2, -0.15) is 0 Å². The number of amides is 2. The van der Waals surface area contributed by atoms with Crippen LogP contribution in [-0.2, 0) is 4.79 Å². The average Bonchev–Trinajstić information content (AvgIpc) is 3.18. The van der Waals surface area contributed by atoms with E-state index in [2.05, 4.69) is 20.5 Å². The molecule has 0 saturated carbocycles. The van der Waals surface area contributed by atoms with Crippen LogP contribution in [0.15, 0.2) is 28.9 Å². The van der Waals surface area contributed by atoms with E-state index in [0.717, 1.165) is 5.56 Å². The van der Waals surface area contributed by atoms with E-state index in [1.807, 2.05) is 25.3 Å². The van der Waals surface area contributed by atoms with Crippen LogP contribution in [-0.4, -0.2) is 56.1 Å². The molecule has 1 N–H and O–H groups in total. The molecule has 25 heavy (non-hydrogen) atoms. The number of carbonyl (C=O) groups excluding carboxylic acids is 2. The van der Waals surface area contributed by atoms with Crippen LogP contribution >= 0.6 is 23.1 Å². The molecule has 3 rings (SSSR count). The van der Waals surface area contributed by atoms with Crippen molar-refractivity contribution < 1.29 is 9.59 Å². The van der Waals surface area contributed by atoms with E-state index >= 15 is 0 Å². The summed E-state index contributed by atoms with van der Waals surface area (Å²) in [6, 6.07) is 3.85. The molecule has 8 nitrogen and oxygen atoms in total. The molecule has 0 aromatic carbocycles. The summed E-state index contributed by atoms with van der Waals surface area (Å²) in [6.45, 7) is 1.97. The van der Waals surface area contributed by atoms with Crippen molar-refractivity contribution in [3.8, 4) is 0 Å². The number of aromatic nitrogens is 4. The summed E-state index contributed by atoms with van der Waals surface area (Å²) >= 11 is 2.51. The Morgan fingerprint density at radius 2 is 2.16 bits per heavy atom. The maximum absolute atomic E-state index is 12.3. The summed E-state index contributed by atoms with van der Waals surface area (Å²) in [4.78, 5) is 29.7. The number of aryl methyl sites for hydroxylation is 1. The highest BCUT2D eigenvalue weighted by molar-refractivity contribution is 8.01. The molecule has 2 amide bonds. The van der Waals surface area contributed by atoms with Crippen LogP contribution in [0.25, 0.3) is 5.65 Å². The number of hydrogen-bond acceptors (Lipinski definition) is 7. The summed E-state index contributed by atoms with van der Waals surface area (Å²) in [5.74, 6) is -0.0781. The van der Waals surface area contributed by atoms with E-state index in [4.69, 9.17) is 0 Å². The first-order chi connectivity index (χ1) is 11.9. The Kier molecular flexibility index (Phi) is 5.00. The number of rotatable bonds is 5. The van der Waals surface area contributed by atoms with Crippen LogP contribution in [0, 0.1) is 6.92 Å². The minimum Gasteiger partial charge on any atom is -0.348 e. The van der Waals surface area contributed by atoms with Crippen molar-refractivity contribution in [2.24, 2.45) is 0 Å². The lowest BCUT2D eigenvalue weighted by atomic mass is 10.3. The maximum atomic E-state index is 12.3. The number of pyridine rings is 1. The first-order valence-corrected chi connectivity index (χ1v) is 9.16. The molecule has 0 aliphatic rings. The second kappa shape index (κ2) is 7.19. The van der Waals surface area contributed by atoms with E-state index in [1.165, 1.54) is 28.0 Å². The highest BCUT2D eigenvalue weighted by Crippen LogP contribution is 2.25. The van der Waals surface area contributed by atoms with Gasteiger partial charge in [0.1, 0.15) is 11.3 Å². The quantitative estimate of drug-likeness (QED) is 0.540. The van der Waals surface area contributed by atoms with Crippen LogP contribution in [0.5, 0.6) is 0 Å². The van der Waals surface area contributed by atoms with Crippen LogP contribution in [0.2, 0.25) is 0 Å². The second-order valence-corrected chi connectivity index (χ2v) is 7.70. The predicted molar refractivity (Wildman–Crippen MR) is 97.2 cm³/mol. The molecule has 0 atom stereocenters. The Hall–Kier alpha value is -2.46. The number of thioether (sulfide) groups is 1. The molecule has 0 radical (unpaired) electrons. The topological polar surface area (TPSA) is 92.5 Å². The molecule has 0 unspecified atom stereocenters. The zero-order valence-electron chi connectivity index (χ0n) is 13.9. The highest BCUT2D eigenvalue weighted by Gasteiger charge is 2.15. The molecule has 0 aliphatic carbocycles. The summed E-state index contributed by atoms with van der Waals surface area (Å²) in [7, 11) is 3.40. The molecule has 3 aromatic rings. The van der Waals surface area contributed by atoms with Crippen molar-refractivity contribution >= 4 is 45.7 Å². The van der Waals surface area contributed by atoms with Crippen LogP contribution in [0.1, 0.15) is 16.1 Å². The van der Waals surface area contributed by atoms with Crippen LogP contribution < -0.4 is 5.32 Å². The summed E-state index contributed by atoms with van der Waals surface area (Å²) in [5, 5.41) is 11.0. The predicted octanol–water partition coefficient (Wildman–Crippen LogP) is 1.93. The fourth-order valence-electron chi connectivity index (χ4n) is 1.93. The Bertz CT molecular complexity index is 933. The standard InChI is InChI=1S/C15H16N6O2S2/c1-9-4-5-21-7-10(16-11(21)6-9)13(23)17-14-18-19-15(25-14)24-8-12(22)20(2)3/h4-7H,8H2,1-3H3,(H,17,18,23). The van der Waals surface area contributed by atoms with Gasteiger partial charge in [-0.15, -0.1) is 10.2 Å². The molecule has 0 spiro atoms. The van der Waals surface area contributed by atoms with Gasteiger partial charge < -0.3 is 9.30 Å². The number of fused-ring (bicyclic) bond motifs is 1. The molecule has 3 aromatic heterocycles. The lowest BCUT2D eigenvalue weighted by molar-refractivity contribution is -0.125. The molecule has 3 heterocycles. The fraction of sp³-hybridized carbons (Fsp3) is 0.267. The number of hydrogen-bond donors (Lipinski definition) is 1. The molecular formula is C15H16N6O2S2. The van der Waals surface area contributed by atoms with Gasteiger partial charge in [-0.1, -0.05) is 23.1 Å². The summed E-state index contributed by atoms with van der Waals surface area (Å²) < 4.78 is 2.41. The van der Waals surface area contributed by atoms with Gasteiger partial charge in [0.05, 0.1) is 5.75 Å². The van der Waals surface area contributed by atoms with E-state index in [0.29, 0.717) is 20.8 Å². The Morgan fingerprint density at radius 3 is 2.92 bits per heavy atom. The van der Waals surface area contributed by atoms with Gasteiger partial charge in [0.2, 0.25) is 11.0 Å². The maximum Gasteiger partial charge on any atom is 0.277 e. The van der Waals surface area contributed by atoms with E-state index in [9.17, 15) is 9.59 Å². The zero-order valence-corrected chi connectivity index (χ0v) is 15.5. The first-order valence-electron chi connectivity index (χ1n) is 7.35. The number of anilines is 1. The largest absolute Gasteiger partial charge is 0.348 e. The van der Waals surface area contributed by atoms with E-state index in [-0.39, 0.29) is 17.6 Å². The number of nitrogens with one attached hydrogen (secondary N) is 1. The Morgan fingerprint density at radius 1 is 1.36 bits per heavy atom. The zero-order chi connectivity index (χ0) is 18.0. The average molecular weight is 376 g/mol. The lowest BCUT2D eigenvalue weighted by Gasteiger charge is -2.07. The minimum absolute atomic E-state index is 0.00854. The molecular weight excluding hydrogens is 360 g/mol. The third-order valence-electron chi connectivity index (χ3n) is 3.29. The van der Waals surface area contributed by atoms with Gasteiger partial charge in [-0.25, -0.2) is 4.98 Å². The number of nitrogens with zero attached hydrogens (tertiary/aromatic N) is 5. The normalized spacial score (nSPS) is 10.8. The summed E-state index contributed by atoms with van der Waals surface area (Å²) in [6.07, 6.45) is 3.52. The lowest BCUT2D eigenvalue weighted by Crippen LogP contribution is -2.23. The molecule has 0 saturated heterocycles. The van der Waals surface area contributed by atoms with Crippen molar-refractivity contribution in [3.63, 3.8) is 0 Å². The van der Waals surface area contributed by atoms with Crippen LogP contribution in [0.4, 0.5) is 5.13 Å². The monoisotopic (exact) mass is 376 g/mol. The van der Waals surface area contributed by atoms with Crippen LogP contribution in [0.3, 0.4) is 0 Å². The first kappa shape index (κ1) is 17.4. The summed E-state index contributed by atoms with van der Waals surface area (Å²) in [5.41, 5.74) is 2.08. The van der Waals surface area contributed by atoms with Crippen molar-refractivity contribution in [1.82, 2.24) is 24.5 Å². The molecule has 0 bridgehead atoms. The molecule has 10 heteroatoms. The molecule has 0 fully saturated rings. The van der Waals surface area contributed by atoms with Gasteiger partial charge in [0.25, 0.3) is 5.91 Å². The van der Waals surface area contributed by atoms with Crippen molar-refractivity contribution in [2.45, 2.75) is 11.3 Å². The third kappa shape index (κ3) is 4.15. The minimum atomic E-state index is -0.349. The number of imidazole rings is 1. The Balaban J connectivity index is 1.65. The fourth-order valence-corrected chi connectivity index (χ4v) is 3.65. The van der Waals surface area contributed by atoms with Gasteiger partial charge in [0, 0.05) is 26.5 Å². The van der Waals surface area contributed by atoms with Crippen molar-refractivity contribution in [2.75, 3.05) is 25.2 Å². The van der Waals surface area contributed by atoms with Gasteiger partial charge in [0.15, 0.2) is 4.34 Å². The van der Waals surface area contributed by atoms with Gasteiger partial charge in [-0.05, 0) is 24.6 Å². The van der Waals surface area contributed by atoms with Gasteiger partial charge in [-0.3, -0.25) is 14.9 Å². The third-order valence-corrected chi connectivity index (χ3v) is 5.25. The van der Waals surface area contributed by atoms with Crippen molar-refractivity contribution in [3.05, 3.63) is 35.8 Å². The Labute approximate surface area is 152 Å². The van der Waals surface area contributed by atoms with E-state index < -0.39 is 0 Å². The smallest absolute Gasteiger partial charge is 0.277 e. The van der Waals surface area contributed by atoms with E-state index in [1.54, 1.807) is 24.7 Å². The molecule has 0 aliphatic heterocycles. The SMILES string of the molecule is Cc1ccn2cc(C(=O)Nc3nnc(SCC(=O)N(C)C)s3)nc2c1. The highest BCUT2D eigenvalue weighted by atomic mass is 32.2.